The smallest absolute Gasteiger partial charge is 0.252 e. The summed E-state index contributed by atoms with van der Waals surface area (Å²) in [6.07, 6.45) is 1.10. The molecule has 1 aliphatic heterocycles. The first kappa shape index (κ1) is 24.4. The molecule has 188 valence electrons. The number of carbonyl (C=O) groups excluding carboxylic acids is 3. The molecule has 5 rings (SSSR count). The fourth-order valence-corrected chi connectivity index (χ4v) is 5.97. The van der Waals surface area contributed by atoms with Gasteiger partial charge in [0, 0.05) is 12.6 Å². The molecule has 0 radical (unpaired) electrons. The average molecular weight is 518 g/mol. The number of anilines is 2. The first-order chi connectivity index (χ1) is 17.7. The van der Waals surface area contributed by atoms with E-state index in [2.05, 4.69) is 5.32 Å². The van der Waals surface area contributed by atoms with E-state index in [1.807, 2.05) is 24.3 Å². The van der Waals surface area contributed by atoms with Crippen molar-refractivity contribution in [3.8, 4) is 0 Å². The van der Waals surface area contributed by atoms with Gasteiger partial charge in [-0.15, -0.1) is 0 Å². The Bertz CT molecular complexity index is 1600. The van der Waals surface area contributed by atoms with Crippen LogP contribution < -0.4 is 10.2 Å². The van der Waals surface area contributed by atoms with Crippen LogP contribution in [0.3, 0.4) is 0 Å². The number of hydrogen-bond acceptors (Lipinski definition) is 6. The lowest BCUT2D eigenvalue weighted by atomic mass is 10.1. The summed E-state index contributed by atoms with van der Waals surface area (Å²) >= 11 is 0. The fraction of sp³-hybridized carbons (Fsp3) is 0.148. The van der Waals surface area contributed by atoms with Crippen LogP contribution in [0.5, 0.6) is 0 Å². The minimum Gasteiger partial charge on any atom is -0.468 e. The molecule has 1 fully saturated rings. The zero-order valence-electron chi connectivity index (χ0n) is 19.8. The normalized spacial score (nSPS) is 16.1. The molecule has 1 atom stereocenters. The molecule has 3 amide bonds. The summed E-state index contributed by atoms with van der Waals surface area (Å²) in [5.74, 6) is -1.11. The Hall–Kier alpha value is -4.28. The van der Waals surface area contributed by atoms with E-state index in [0.717, 1.165) is 20.0 Å². The number of nitrogens with one attached hydrogen (secondary N) is 1. The summed E-state index contributed by atoms with van der Waals surface area (Å²) in [7, 11) is -4.21. The van der Waals surface area contributed by atoms with Crippen molar-refractivity contribution in [3.05, 3.63) is 90.9 Å². The minimum absolute atomic E-state index is 0.0103. The Kier molecular flexibility index (Phi) is 6.36. The molecule has 1 saturated heterocycles. The third kappa shape index (κ3) is 4.76. The van der Waals surface area contributed by atoms with E-state index in [0.29, 0.717) is 11.4 Å². The number of sulfonamides is 1. The van der Waals surface area contributed by atoms with E-state index in [1.54, 1.807) is 36.4 Å². The van der Waals surface area contributed by atoms with Crippen LogP contribution in [0.15, 0.2) is 94.4 Å². The molecule has 0 spiro atoms. The summed E-state index contributed by atoms with van der Waals surface area (Å²) in [5.41, 5.74) is 0.790. The number of nitrogens with zero attached hydrogens (tertiary/aromatic N) is 2. The summed E-state index contributed by atoms with van der Waals surface area (Å²) < 4.78 is 34.2. The zero-order valence-corrected chi connectivity index (χ0v) is 20.6. The van der Waals surface area contributed by atoms with Crippen molar-refractivity contribution < 1.29 is 27.2 Å². The highest BCUT2D eigenvalue weighted by atomic mass is 32.2. The Morgan fingerprint density at radius 1 is 1.00 bits per heavy atom. The molecule has 10 heteroatoms. The van der Waals surface area contributed by atoms with Crippen LogP contribution in [-0.2, 0) is 31.0 Å². The van der Waals surface area contributed by atoms with E-state index < -0.39 is 27.9 Å². The highest BCUT2D eigenvalue weighted by Gasteiger charge is 2.47. The molecule has 2 heterocycles. The molecule has 37 heavy (non-hydrogen) atoms. The molecular weight excluding hydrogens is 494 g/mol. The number of fused-ring (bicyclic) bond motifs is 1. The monoisotopic (exact) mass is 517 g/mol. The van der Waals surface area contributed by atoms with Crippen molar-refractivity contribution in [2.75, 3.05) is 10.2 Å². The van der Waals surface area contributed by atoms with Gasteiger partial charge < -0.3 is 9.73 Å². The second kappa shape index (κ2) is 9.64. The Morgan fingerprint density at radius 3 is 2.41 bits per heavy atom. The predicted octanol–water partition coefficient (Wildman–Crippen LogP) is 3.91. The number of imide groups is 1. The van der Waals surface area contributed by atoms with Crippen molar-refractivity contribution >= 4 is 49.9 Å². The fourth-order valence-electron chi connectivity index (χ4n) is 4.39. The highest BCUT2D eigenvalue weighted by Crippen LogP contribution is 2.32. The van der Waals surface area contributed by atoms with E-state index in [4.69, 9.17) is 4.42 Å². The molecule has 0 saturated carbocycles. The van der Waals surface area contributed by atoms with Crippen molar-refractivity contribution in [1.82, 2.24) is 4.31 Å². The summed E-state index contributed by atoms with van der Waals surface area (Å²) in [6.45, 7) is 1.15. The van der Waals surface area contributed by atoms with E-state index in [1.165, 1.54) is 31.4 Å². The van der Waals surface area contributed by atoms with E-state index in [9.17, 15) is 22.8 Å². The lowest BCUT2D eigenvalue weighted by Gasteiger charge is -2.26. The van der Waals surface area contributed by atoms with Crippen molar-refractivity contribution in [2.24, 2.45) is 0 Å². The van der Waals surface area contributed by atoms with Gasteiger partial charge in [0.2, 0.25) is 21.8 Å². The van der Waals surface area contributed by atoms with Crippen LogP contribution in [0.25, 0.3) is 10.8 Å². The Balaban J connectivity index is 1.51. The van der Waals surface area contributed by atoms with E-state index >= 15 is 0 Å². The Morgan fingerprint density at radius 2 is 1.73 bits per heavy atom. The molecule has 9 nitrogen and oxygen atoms in total. The zero-order chi connectivity index (χ0) is 26.2. The molecule has 1 unspecified atom stereocenters. The summed E-state index contributed by atoms with van der Waals surface area (Å²) in [4.78, 5) is 38.8. The lowest BCUT2D eigenvalue weighted by Crippen LogP contribution is -2.45. The number of rotatable bonds is 7. The SMILES string of the molecule is CC(=O)Nc1ccc(N2C(=O)CC(N(Cc3ccco3)S(=O)(=O)c3ccc4ccccc4c3)C2=O)cc1. The van der Waals surface area contributed by atoms with Gasteiger partial charge in [-0.1, -0.05) is 30.3 Å². The molecule has 0 aliphatic carbocycles. The molecule has 3 aromatic carbocycles. The summed E-state index contributed by atoms with van der Waals surface area (Å²) in [6, 6.07) is 20.3. The standard InChI is InChI=1S/C27H23N3O6S/c1-18(31)28-21-9-11-22(12-10-21)30-26(32)16-25(27(30)33)29(17-23-7-4-14-36-23)37(34,35)24-13-8-19-5-2-3-6-20(19)15-24/h2-15,25H,16-17H2,1H3,(H,28,31). The third-order valence-electron chi connectivity index (χ3n) is 6.14. The second-order valence-electron chi connectivity index (χ2n) is 8.65. The van der Waals surface area contributed by atoms with Gasteiger partial charge in [-0.25, -0.2) is 13.3 Å². The molecule has 0 bridgehead atoms. The van der Waals surface area contributed by atoms with Crippen LogP contribution in [0.4, 0.5) is 11.4 Å². The maximum absolute atomic E-state index is 13.9. The van der Waals surface area contributed by atoms with Crippen LogP contribution in [-0.4, -0.2) is 36.5 Å². The number of hydrogen-bond donors (Lipinski definition) is 1. The highest BCUT2D eigenvalue weighted by molar-refractivity contribution is 7.89. The molecule has 1 aromatic heterocycles. The number of furan rings is 1. The van der Waals surface area contributed by atoms with Crippen molar-refractivity contribution in [3.63, 3.8) is 0 Å². The largest absolute Gasteiger partial charge is 0.468 e. The summed E-state index contributed by atoms with van der Waals surface area (Å²) in [5, 5.41) is 4.23. The topological polar surface area (TPSA) is 117 Å². The average Bonchev–Trinajstić information content (AvgIpc) is 3.49. The van der Waals surface area contributed by atoms with Crippen LogP contribution in [0, 0.1) is 0 Å². The first-order valence-electron chi connectivity index (χ1n) is 11.5. The van der Waals surface area contributed by atoms with Gasteiger partial charge in [0.1, 0.15) is 11.8 Å². The van der Waals surface area contributed by atoms with Gasteiger partial charge in [-0.3, -0.25) is 14.4 Å². The quantitative estimate of drug-likeness (QED) is 0.372. The van der Waals surface area contributed by atoms with Gasteiger partial charge in [-0.05, 0) is 59.3 Å². The van der Waals surface area contributed by atoms with Crippen molar-refractivity contribution in [2.45, 2.75) is 30.8 Å². The first-order valence-corrected chi connectivity index (χ1v) is 13.0. The maximum Gasteiger partial charge on any atom is 0.252 e. The van der Waals surface area contributed by atoms with Crippen LogP contribution >= 0.6 is 0 Å². The minimum atomic E-state index is -4.21. The Labute approximate surface area is 213 Å². The van der Waals surface area contributed by atoms with Gasteiger partial charge in [0.15, 0.2) is 0 Å². The maximum atomic E-state index is 13.9. The van der Waals surface area contributed by atoms with Gasteiger partial charge in [0.25, 0.3) is 5.91 Å². The van der Waals surface area contributed by atoms with Gasteiger partial charge in [0.05, 0.1) is 29.8 Å². The van der Waals surface area contributed by atoms with Crippen LogP contribution in [0.2, 0.25) is 0 Å². The number of amides is 3. The molecule has 1 aliphatic rings. The predicted molar refractivity (Wildman–Crippen MR) is 137 cm³/mol. The third-order valence-corrected chi connectivity index (χ3v) is 7.99. The lowest BCUT2D eigenvalue weighted by molar-refractivity contribution is -0.122. The second-order valence-corrected chi connectivity index (χ2v) is 10.5. The van der Waals surface area contributed by atoms with Crippen LogP contribution in [0.1, 0.15) is 19.1 Å². The molecule has 1 N–H and O–H groups in total. The van der Waals surface area contributed by atoms with E-state index in [-0.39, 0.29) is 29.5 Å². The molecular formula is C27H23N3O6S. The number of carbonyl (C=O) groups is 3. The molecule has 4 aromatic rings. The van der Waals surface area contributed by atoms with Gasteiger partial charge >= 0.3 is 0 Å². The van der Waals surface area contributed by atoms with Gasteiger partial charge in [-0.2, -0.15) is 4.31 Å². The van der Waals surface area contributed by atoms with Crippen molar-refractivity contribution in [1.29, 1.82) is 0 Å². The number of benzene rings is 3.